The molecule has 1 heterocycles. The molecule has 0 spiro atoms. The third-order valence-electron chi connectivity index (χ3n) is 5.12. The molecule has 0 saturated carbocycles. The van der Waals surface area contributed by atoms with Crippen LogP contribution in [-0.2, 0) is 11.4 Å². The predicted molar refractivity (Wildman–Crippen MR) is 144 cm³/mol. The summed E-state index contributed by atoms with van der Waals surface area (Å²) in [6, 6.07) is 16.6. The Morgan fingerprint density at radius 2 is 1.81 bits per heavy atom. The molecule has 3 aromatic carbocycles. The van der Waals surface area contributed by atoms with E-state index in [2.05, 4.69) is 10.3 Å². The Bertz CT molecular complexity index is 1390. The second-order valence-corrected chi connectivity index (χ2v) is 9.12. The minimum absolute atomic E-state index is 0.0184. The highest BCUT2D eigenvalue weighted by Crippen LogP contribution is 2.35. The van der Waals surface area contributed by atoms with E-state index in [4.69, 9.17) is 25.8 Å². The fraction of sp³-hybridized carbons (Fsp3) is 0.154. The van der Waals surface area contributed by atoms with Crippen molar-refractivity contribution in [3.05, 3.63) is 91.8 Å². The molecule has 1 N–H and O–H groups in total. The molecule has 0 bridgehead atoms. The van der Waals surface area contributed by atoms with Crippen LogP contribution in [0.4, 0.5) is 11.4 Å². The summed E-state index contributed by atoms with van der Waals surface area (Å²) in [5, 5.41) is 14.5. The van der Waals surface area contributed by atoms with E-state index in [0.717, 1.165) is 11.1 Å². The molecule has 3 aromatic rings. The molecule has 37 heavy (non-hydrogen) atoms. The summed E-state index contributed by atoms with van der Waals surface area (Å²) >= 11 is 7.27. The van der Waals surface area contributed by atoms with Crippen molar-refractivity contribution in [2.45, 2.75) is 13.5 Å². The van der Waals surface area contributed by atoms with E-state index >= 15 is 0 Å². The van der Waals surface area contributed by atoms with Gasteiger partial charge in [0, 0.05) is 17.2 Å². The lowest BCUT2D eigenvalue weighted by molar-refractivity contribution is -0.384. The first-order valence-corrected chi connectivity index (χ1v) is 12.3. The standard InChI is InChI=1S/C26H22ClN3O6S/c1-3-35-23-12-17(6-10-22(23)36-15-16-4-8-19(9-5-16)30(32)33)13-24-25(31)29-26(37-24)28-20-14-18(27)7-11-21(20)34-2/h4-14H,3,15H2,1-2H3,(H,28,29,31)/b24-13-. The molecular formula is C26H22ClN3O6S. The molecule has 9 nitrogen and oxygen atoms in total. The molecule has 1 saturated heterocycles. The van der Waals surface area contributed by atoms with E-state index in [1.54, 1.807) is 48.5 Å². The van der Waals surface area contributed by atoms with Gasteiger partial charge in [-0.1, -0.05) is 17.7 Å². The summed E-state index contributed by atoms with van der Waals surface area (Å²) in [4.78, 5) is 27.9. The maximum Gasteiger partial charge on any atom is 0.269 e. The van der Waals surface area contributed by atoms with Crippen molar-refractivity contribution in [1.29, 1.82) is 0 Å². The molecule has 0 aliphatic carbocycles. The first-order chi connectivity index (χ1) is 17.9. The highest BCUT2D eigenvalue weighted by atomic mass is 35.5. The van der Waals surface area contributed by atoms with Crippen molar-refractivity contribution in [2.24, 2.45) is 4.99 Å². The molecule has 1 fully saturated rings. The number of benzene rings is 3. The maximum atomic E-state index is 12.6. The zero-order valence-corrected chi connectivity index (χ0v) is 21.5. The number of amides is 1. The van der Waals surface area contributed by atoms with Gasteiger partial charge in [0.25, 0.3) is 11.6 Å². The lowest BCUT2D eigenvalue weighted by Gasteiger charge is -2.13. The minimum atomic E-state index is -0.448. The van der Waals surface area contributed by atoms with Crippen LogP contribution in [-0.4, -0.2) is 29.7 Å². The average Bonchev–Trinajstić information content (AvgIpc) is 3.22. The molecule has 0 radical (unpaired) electrons. The zero-order valence-electron chi connectivity index (χ0n) is 19.9. The van der Waals surface area contributed by atoms with Crippen LogP contribution in [0.1, 0.15) is 18.1 Å². The van der Waals surface area contributed by atoms with Gasteiger partial charge in [-0.3, -0.25) is 14.9 Å². The number of non-ortho nitro benzene ring substituents is 1. The number of halogens is 1. The van der Waals surface area contributed by atoms with Gasteiger partial charge in [0.05, 0.1) is 23.5 Å². The first kappa shape index (κ1) is 26.1. The summed E-state index contributed by atoms with van der Waals surface area (Å²) in [6.07, 6.45) is 1.74. The number of ether oxygens (including phenoxy) is 3. The fourth-order valence-corrected chi connectivity index (χ4v) is 4.37. The number of hydrogen-bond donors (Lipinski definition) is 1. The van der Waals surface area contributed by atoms with Gasteiger partial charge >= 0.3 is 0 Å². The van der Waals surface area contributed by atoms with Crippen LogP contribution in [0.15, 0.2) is 70.6 Å². The van der Waals surface area contributed by atoms with Gasteiger partial charge in [0.15, 0.2) is 16.7 Å². The first-order valence-electron chi connectivity index (χ1n) is 11.1. The molecule has 1 amide bonds. The summed E-state index contributed by atoms with van der Waals surface area (Å²) in [6.45, 7) is 2.49. The fourth-order valence-electron chi connectivity index (χ4n) is 3.37. The van der Waals surface area contributed by atoms with E-state index < -0.39 is 4.92 Å². The van der Waals surface area contributed by atoms with E-state index in [0.29, 0.717) is 44.6 Å². The van der Waals surface area contributed by atoms with Gasteiger partial charge in [0.2, 0.25) is 0 Å². The third kappa shape index (κ3) is 6.60. The Morgan fingerprint density at radius 1 is 1.05 bits per heavy atom. The maximum absolute atomic E-state index is 12.6. The number of carbonyl (C=O) groups is 1. The number of methoxy groups -OCH3 is 1. The highest BCUT2D eigenvalue weighted by molar-refractivity contribution is 8.18. The zero-order chi connectivity index (χ0) is 26.4. The van der Waals surface area contributed by atoms with Crippen LogP contribution in [0, 0.1) is 10.1 Å². The van der Waals surface area contributed by atoms with Gasteiger partial charge in [-0.15, -0.1) is 0 Å². The number of thioether (sulfide) groups is 1. The topological polar surface area (TPSA) is 112 Å². The number of nitrogens with one attached hydrogen (secondary N) is 1. The third-order valence-corrected chi connectivity index (χ3v) is 6.27. The number of amidine groups is 1. The van der Waals surface area contributed by atoms with Gasteiger partial charge in [-0.05, 0) is 78.4 Å². The normalized spacial score (nSPS) is 15.1. The summed E-state index contributed by atoms with van der Waals surface area (Å²) in [5.74, 6) is 1.29. The molecular weight excluding hydrogens is 518 g/mol. The van der Waals surface area contributed by atoms with Crippen molar-refractivity contribution in [3.63, 3.8) is 0 Å². The smallest absolute Gasteiger partial charge is 0.269 e. The Kier molecular flexibility index (Phi) is 8.32. The number of nitro benzene ring substituents is 1. The Labute approximate surface area is 222 Å². The number of nitro groups is 1. The van der Waals surface area contributed by atoms with Crippen molar-refractivity contribution in [3.8, 4) is 17.2 Å². The Morgan fingerprint density at radius 3 is 2.51 bits per heavy atom. The average molecular weight is 540 g/mol. The molecule has 4 rings (SSSR count). The Hall–Kier alpha value is -4.02. The summed E-state index contributed by atoms with van der Waals surface area (Å²) in [5.41, 5.74) is 2.05. The van der Waals surface area contributed by atoms with E-state index in [1.165, 1.54) is 31.0 Å². The van der Waals surface area contributed by atoms with Crippen molar-refractivity contribution in [1.82, 2.24) is 5.32 Å². The van der Waals surface area contributed by atoms with Crippen LogP contribution in [0.25, 0.3) is 6.08 Å². The van der Waals surface area contributed by atoms with Gasteiger partial charge in [-0.25, -0.2) is 4.99 Å². The number of aliphatic imine (C=N–C) groups is 1. The molecule has 1 aliphatic rings. The Balaban J connectivity index is 1.50. The molecule has 0 atom stereocenters. The van der Waals surface area contributed by atoms with Gasteiger partial charge < -0.3 is 19.5 Å². The number of rotatable bonds is 9. The van der Waals surface area contributed by atoms with Crippen LogP contribution in [0.5, 0.6) is 17.2 Å². The SMILES string of the molecule is CCOc1cc(/C=C2\SC(=Nc3cc(Cl)ccc3OC)NC2=O)ccc1OCc1ccc([N+](=O)[O-])cc1. The quantitative estimate of drug-likeness (QED) is 0.198. The number of hydrogen-bond acceptors (Lipinski definition) is 8. The molecule has 0 unspecified atom stereocenters. The van der Waals surface area contributed by atoms with Crippen LogP contribution in [0.3, 0.4) is 0 Å². The summed E-state index contributed by atoms with van der Waals surface area (Å²) in [7, 11) is 1.54. The van der Waals surface area contributed by atoms with Crippen molar-refractivity contribution >= 4 is 51.9 Å². The highest BCUT2D eigenvalue weighted by Gasteiger charge is 2.24. The van der Waals surface area contributed by atoms with Gasteiger partial charge in [-0.2, -0.15) is 0 Å². The van der Waals surface area contributed by atoms with Crippen molar-refractivity contribution < 1.29 is 23.9 Å². The number of carbonyl (C=O) groups excluding carboxylic acids is 1. The second kappa shape index (κ2) is 11.8. The lowest BCUT2D eigenvalue weighted by atomic mass is 10.1. The molecule has 190 valence electrons. The molecule has 0 aromatic heterocycles. The molecule has 11 heteroatoms. The molecule has 1 aliphatic heterocycles. The van der Waals surface area contributed by atoms with E-state index in [-0.39, 0.29) is 18.2 Å². The number of nitrogens with zero attached hydrogens (tertiary/aromatic N) is 2. The van der Waals surface area contributed by atoms with Crippen LogP contribution < -0.4 is 19.5 Å². The van der Waals surface area contributed by atoms with Gasteiger partial charge in [0.1, 0.15) is 18.0 Å². The predicted octanol–water partition coefficient (Wildman–Crippen LogP) is 6.13. The monoisotopic (exact) mass is 539 g/mol. The van der Waals surface area contributed by atoms with E-state index in [9.17, 15) is 14.9 Å². The van der Waals surface area contributed by atoms with Crippen LogP contribution in [0.2, 0.25) is 5.02 Å². The minimum Gasteiger partial charge on any atom is -0.494 e. The lowest BCUT2D eigenvalue weighted by Crippen LogP contribution is -2.19. The summed E-state index contributed by atoms with van der Waals surface area (Å²) < 4.78 is 17.0. The van der Waals surface area contributed by atoms with Crippen molar-refractivity contribution in [2.75, 3.05) is 13.7 Å². The van der Waals surface area contributed by atoms with E-state index in [1.807, 2.05) is 13.0 Å². The second-order valence-electron chi connectivity index (χ2n) is 7.65. The van der Waals surface area contributed by atoms with Crippen LogP contribution >= 0.6 is 23.4 Å². The largest absolute Gasteiger partial charge is 0.494 e.